The molecular formula is C19H17NO6. The van der Waals surface area contributed by atoms with Gasteiger partial charge in [-0.15, -0.1) is 0 Å². The van der Waals surface area contributed by atoms with Crippen molar-refractivity contribution in [2.24, 2.45) is 4.99 Å². The molecule has 134 valence electrons. The van der Waals surface area contributed by atoms with Gasteiger partial charge in [0, 0.05) is 11.6 Å². The zero-order valence-electron chi connectivity index (χ0n) is 14.6. The summed E-state index contributed by atoms with van der Waals surface area (Å²) in [5, 5.41) is 0. The average molecular weight is 355 g/mol. The molecule has 7 heteroatoms. The molecule has 1 aromatic carbocycles. The second-order valence-corrected chi connectivity index (χ2v) is 5.40. The fraction of sp³-hybridized carbons (Fsp3) is 0.211. The van der Waals surface area contributed by atoms with Crippen molar-refractivity contribution in [2.75, 3.05) is 13.7 Å². The Labute approximate surface area is 149 Å². The number of ether oxygens (including phenoxy) is 3. The minimum absolute atomic E-state index is 0.0825. The maximum atomic E-state index is 12.1. The first-order valence-corrected chi connectivity index (χ1v) is 7.96. The number of aliphatic imine (C=N–C) groups is 1. The van der Waals surface area contributed by atoms with Crippen molar-refractivity contribution in [3.8, 4) is 5.75 Å². The van der Waals surface area contributed by atoms with Gasteiger partial charge in [-0.2, -0.15) is 0 Å². The van der Waals surface area contributed by atoms with Gasteiger partial charge < -0.3 is 18.6 Å². The molecule has 7 nitrogen and oxygen atoms in total. The van der Waals surface area contributed by atoms with E-state index in [1.54, 1.807) is 31.2 Å². The first kappa shape index (κ1) is 17.5. The van der Waals surface area contributed by atoms with Gasteiger partial charge in [-0.1, -0.05) is 0 Å². The van der Waals surface area contributed by atoms with Crippen molar-refractivity contribution in [3.63, 3.8) is 0 Å². The SMILES string of the molecule is CCOc1ccc(C2=NC(=Cc3cc(C(=O)OC)c(C)o3)C(=O)O2)cc1. The molecule has 0 aliphatic carbocycles. The number of rotatable bonds is 5. The lowest BCUT2D eigenvalue weighted by Gasteiger charge is -2.03. The van der Waals surface area contributed by atoms with Gasteiger partial charge in [0.2, 0.25) is 5.90 Å². The lowest BCUT2D eigenvalue weighted by molar-refractivity contribution is -0.129. The molecule has 0 N–H and O–H groups in total. The summed E-state index contributed by atoms with van der Waals surface area (Å²) in [5.41, 5.74) is 1.02. The van der Waals surface area contributed by atoms with E-state index in [1.807, 2.05) is 6.92 Å². The summed E-state index contributed by atoms with van der Waals surface area (Å²) in [5.74, 6) is 0.516. The highest BCUT2D eigenvalue weighted by Gasteiger charge is 2.25. The Morgan fingerprint density at radius 2 is 2.00 bits per heavy atom. The van der Waals surface area contributed by atoms with E-state index in [9.17, 15) is 9.59 Å². The van der Waals surface area contributed by atoms with Gasteiger partial charge in [0.15, 0.2) is 5.70 Å². The minimum Gasteiger partial charge on any atom is -0.494 e. The molecule has 0 spiro atoms. The predicted octanol–water partition coefficient (Wildman–Crippen LogP) is 3.12. The van der Waals surface area contributed by atoms with Crippen LogP contribution in [0, 0.1) is 6.92 Å². The highest BCUT2D eigenvalue weighted by Crippen LogP contribution is 2.23. The molecule has 0 amide bonds. The van der Waals surface area contributed by atoms with Crippen molar-refractivity contribution in [3.05, 3.63) is 58.7 Å². The maximum absolute atomic E-state index is 12.1. The van der Waals surface area contributed by atoms with Gasteiger partial charge in [-0.25, -0.2) is 14.6 Å². The number of hydrogen-bond donors (Lipinski definition) is 0. The van der Waals surface area contributed by atoms with Crippen molar-refractivity contribution in [2.45, 2.75) is 13.8 Å². The number of hydrogen-bond acceptors (Lipinski definition) is 7. The van der Waals surface area contributed by atoms with Crippen molar-refractivity contribution in [1.82, 2.24) is 0 Å². The number of cyclic esters (lactones) is 1. The monoisotopic (exact) mass is 355 g/mol. The van der Waals surface area contributed by atoms with Gasteiger partial charge in [0.05, 0.1) is 13.7 Å². The summed E-state index contributed by atoms with van der Waals surface area (Å²) in [4.78, 5) is 27.9. The van der Waals surface area contributed by atoms with Gasteiger partial charge in [0.1, 0.15) is 22.8 Å². The van der Waals surface area contributed by atoms with Gasteiger partial charge in [-0.3, -0.25) is 0 Å². The summed E-state index contributed by atoms with van der Waals surface area (Å²) >= 11 is 0. The van der Waals surface area contributed by atoms with E-state index in [-0.39, 0.29) is 11.6 Å². The van der Waals surface area contributed by atoms with E-state index < -0.39 is 11.9 Å². The lowest BCUT2D eigenvalue weighted by Crippen LogP contribution is -2.05. The molecule has 26 heavy (non-hydrogen) atoms. The smallest absolute Gasteiger partial charge is 0.363 e. The van der Waals surface area contributed by atoms with E-state index in [4.69, 9.17) is 13.9 Å². The first-order chi connectivity index (χ1) is 12.5. The molecule has 2 aromatic rings. The highest BCUT2D eigenvalue weighted by atomic mass is 16.6. The molecule has 2 heterocycles. The molecular weight excluding hydrogens is 338 g/mol. The van der Waals surface area contributed by atoms with Gasteiger partial charge >= 0.3 is 11.9 Å². The van der Waals surface area contributed by atoms with Gasteiger partial charge in [0.25, 0.3) is 0 Å². The third-order valence-corrected chi connectivity index (χ3v) is 3.65. The third kappa shape index (κ3) is 3.51. The minimum atomic E-state index is -0.595. The van der Waals surface area contributed by atoms with Crippen LogP contribution in [-0.2, 0) is 14.3 Å². The number of methoxy groups -OCH3 is 1. The Hall–Kier alpha value is -3.35. The molecule has 0 saturated heterocycles. The van der Waals surface area contributed by atoms with E-state index in [2.05, 4.69) is 9.73 Å². The van der Waals surface area contributed by atoms with Crippen LogP contribution in [0.25, 0.3) is 6.08 Å². The standard InChI is InChI=1S/C19H17NO6/c1-4-24-13-7-5-12(6-8-13)17-20-16(19(22)26-17)10-14-9-15(11(2)25-14)18(21)23-3/h5-10H,4H2,1-3H3. The molecule has 0 saturated carbocycles. The molecule has 0 bridgehead atoms. The number of aryl methyl sites for hydroxylation is 1. The zero-order valence-corrected chi connectivity index (χ0v) is 14.6. The van der Waals surface area contributed by atoms with Gasteiger partial charge in [-0.05, 0) is 44.2 Å². The number of carbonyl (C=O) groups is 2. The number of furan rings is 1. The Balaban J connectivity index is 1.85. The summed E-state index contributed by atoms with van der Waals surface area (Å²) in [7, 11) is 1.29. The largest absolute Gasteiger partial charge is 0.494 e. The Morgan fingerprint density at radius 1 is 1.27 bits per heavy atom. The van der Waals surface area contributed by atoms with Crippen LogP contribution in [0.1, 0.15) is 34.4 Å². The number of esters is 2. The maximum Gasteiger partial charge on any atom is 0.363 e. The van der Waals surface area contributed by atoms with Crippen LogP contribution in [-0.4, -0.2) is 31.6 Å². The predicted molar refractivity (Wildman–Crippen MR) is 93.0 cm³/mol. The van der Waals surface area contributed by atoms with E-state index in [1.165, 1.54) is 19.3 Å². The summed E-state index contributed by atoms with van der Waals surface area (Å²) in [6, 6.07) is 8.55. The Bertz CT molecular complexity index is 905. The highest BCUT2D eigenvalue weighted by molar-refractivity contribution is 6.12. The Morgan fingerprint density at radius 3 is 2.65 bits per heavy atom. The van der Waals surface area contributed by atoms with E-state index in [0.29, 0.717) is 29.3 Å². The zero-order chi connectivity index (χ0) is 18.7. The lowest BCUT2D eigenvalue weighted by atomic mass is 10.2. The fourth-order valence-electron chi connectivity index (χ4n) is 2.42. The van der Waals surface area contributed by atoms with Crippen LogP contribution in [0.4, 0.5) is 0 Å². The summed E-state index contributed by atoms with van der Waals surface area (Å²) < 4.78 is 20.7. The third-order valence-electron chi connectivity index (χ3n) is 3.65. The van der Waals surface area contributed by atoms with Crippen LogP contribution in [0.2, 0.25) is 0 Å². The normalized spacial score (nSPS) is 15.0. The van der Waals surface area contributed by atoms with Crippen LogP contribution in [0.15, 0.2) is 45.4 Å². The average Bonchev–Trinajstić information content (AvgIpc) is 3.18. The molecule has 0 fully saturated rings. The molecule has 0 unspecified atom stereocenters. The van der Waals surface area contributed by atoms with Crippen molar-refractivity contribution >= 4 is 23.9 Å². The number of nitrogens with zero attached hydrogens (tertiary/aromatic N) is 1. The topological polar surface area (TPSA) is 87.3 Å². The van der Waals surface area contributed by atoms with Crippen LogP contribution >= 0.6 is 0 Å². The van der Waals surface area contributed by atoms with Crippen molar-refractivity contribution in [1.29, 1.82) is 0 Å². The Kier molecular flexibility index (Phi) is 4.88. The summed E-state index contributed by atoms with van der Waals surface area (Å²) in [6.45, 7) is 4.10. The first-order valence-electron chi connectivity index (χ1n) is 7.96. The van der Waals surface area contributed by atoms with E-state index >= 15 is 0 Å². The number of carbonyl (C=O) groups excluding carboxylic acids is 2. The number of benzene rings is 1. The van der Waals surface area contributed by atoms with E-state index in [0.717, 1.165) is 5.75 Å². The molecule has 0 radical (unpaired) electrons. The van der Waals surface area contributed by atoms with Crippen LogP contribution in [0.3, 0.4) is 0 Å². The molecule has 1 aliphatic heterocycles. The molecule has 1 aromatic heterocycles. The van der Waals surface area contributed by atoms with Crippen molar-refractivity contribution < 1.29 is 28.2 Å². The molecule has 3 rings (SSSR count). The van der Waals surface area contributed by atoms with Crippen LogP contribution < -0.4 is 4.74 Å². The quantitative estimate of drug-likeness (QED) is 0.605. The fourth-order valence-corrected chi connectivity index (χ4v) is 2.42. The molecule has 1 aliphatic rings. The second kappa shape index (κ2) is 7.26. The van der Waals surface area contributed by atoms with Crippen LogP contribution in [0.5, 0.6) is 5.75 Å². The second-order valence-electron chi connectivity index (χ2n) is 5.40. The molecule has 0 atom stereocenters. The summed E-state index contributed by atoms with van der Waals surface area (Å²) in [6.07, 6.45) is 1.42.